The zero-order valence-corrected chi connectivity index (χ0v) is 20.2. The van der Waals surface area contributed by atoms with Crippen LogP contribution in [0.15, 0.2) is 55.1 Å². The fraction of sp³-hybridized carbons (Fsp3) is 0.423. The van der Waals surface area contributed by atoms with E-state index < -0.39 is 17.2 Å². The summed E-state index contributed by atoms with van der Waals surface area (Å²) in [5.41, 5.74) is -0.326. The zero-order valence-electron chi connectivity index (χ0n) is 20.2. The van der Waals surface area contributed by atoms with Crippen LogP contribution in [0.1, 0.15) is 12.0 Å². The van der Waals surface area contributed by atoms with Gasteiger partial charge in [0.2, 0.25) is 0 Å². The van der Waals surface area contributed by atoms with E-state index in [9.17, 15) is 13.9 Å². The van der Waals surface area contributed by atoms with Crippen molar-refractivity contribution in [2.24, 2.45) is 0 Å². The quantitative estimate of drug-likeness (QED) is 0.403. The molecule has 36 heavy (non-hydrogen) atoms. The topological polar surface area (TPSA) is 78.2 Å². The monoisotopic (exact) mass is 503 g/mol. The Morgan fingerprint density at radius 2 is 2.00 bits per heavy atom. The molecule has 2 heterocycles. The van der Waals surface area contributed by atoms with Gasteiger partial charge in [-0.2, -0.15) is 0 Å². The molecule has 4 rings (SSSR count). The van der Waals surface area contributed by atoms with Crippen LogP contribution in [0.2, 0.25) is 0 Å². The van der Waals surface area contributed by atoms with Crippen molar-refractivity contribution in [3.05, 3.63) is 72.3 Å². The first-order valence-corrected chi connectivity index (χ1v) is 11.8. The third-order valence-electron chi connectivity index (χ3n) is 5.85. The molecule has 1 saturated heterocycles. The molecule has 1 fully saturated rings. The Kier molecular flexibility index (Phi) is 8.74. The van der Waals surface area contributed by atoms with E-state index in [1.165, 1.54) is 6.07 Å². The Morgan fingerprint density at radius 1 is 1.11 bits per heavy atom. The van der Waals surface area contributed by atoms with E-state index in [0.717, 1.165) is 30.7 Å². The summed E-state index contributed by atoms with van der Waals surface area (Å²) >= 11 is 0. The normalized spacial score (nSPS) is 18.6. The molecule has 8 nitrogen and oxygen atoms in total. The van der Waals surface area contributed by atoms with Crippen LogP contribution < -0.4 is 14.2 Å². The van der Waals surface area contributed by atoms with E-state index in [2.05, 4.69) is 9.88 Å². The summed E-state index contributed by atoms with van der Waals surface area (Å²) < 4.78 is 51.2. The van der Waals surface area contributed by atoms with Gasteiger partial charge in [-0.15, -0.1) is 0 Å². The number of methoxy groups -OCH3 is 1. The fourth-order valence-corrected chi connectivity index (χ4v) is 4.04. The molecule has 194 valence electrons. The van der Waals surface area contributed by atoms with Crippen molar-refractivity contribution in [2.45, 2.75) is 25.1 Å². The van der Waals surface area contributed by atoms with E-state index in [1.807, 2.05) is 29.0 Å². The second kappa shape index (κ2) is 12.2. The highest BCUT2D eigenvalue weighted by Gasteiger charge is 2.33. The summed E-state index contributed by atoms with van der Waals surface area (Å²) in [6.07, 6.45) is 6.28. The molecule has 1 aromatic heterocycles. The minimum absolute atomic E-state index is 0.0718. The summed E-state index contributed by atoms with van der Waals surface area (Å²) in [5, 5.41) is 11.1. The minimum atomic E-state index is -1.32. The van der Waals surface area contributed by atoms with Gasteiger partial charge in [-0.3, -0.25) is 4.90 Å². The molecule has 3 aromatic rings. The lowest BCUT2D eigenvalue weighted by atomic mass is 10.1. The predicted molar refractivity (Wildman–Crippen MR) is 128 cm³/mol. The molecule has 1 N–H and O–H groups in total. The number of β-amino-alcohol motifs (C(OH)–C–C–N with tert-alkyl or cyclic N) is 1. The molecule has 0 radical (unpaired) electrons. The van der Waals surface area contributed by atoms with Gasteiger partial charge in [0.15, 0.2) is 23.1 Å². The SMILES string of the molecule is COc1cc(CN2CCOC[C@@](O)(COc3ccc(F)c(F)c3)C2)ccc1OCCCn1ccnc1. The molecule has 1 atom stereocenters. The summed E-state index contributed by atoms with van der Waals surface area (Å²) in [6, 6.07) is 9.06. The molecule has 0 spiro atoms. The molecule has 0 saturated carbocycles. The number of benzene rings is 2. The van der Waals surface area contributed by atoms with Gasteiger partial charge in [-0.1, -0.05) is 6.07 Å². The first kappa shape index (κ1) is 25.9. The molecule has 0 unspecified atom stereocenters. The third-order valence-corrected chi connectivity index (χ3v) is 5.85. The number of aliphatic hydroxyl groups is 1. The van der Waals surface area contributed by atoms with Crippen molar-refractivity contribution in [3.63, 3.8) is 0 Å². The Morgan fingerprint density at radius 3 is 2.78 bits per heavy atom. The lowest BCUT2D eigenvalue weighted by Gasteiger charge is -2.30. The number of halogens is 2. The van der Waals surface area contributed by atoms with Gasteiger partial charge in [-0.05, 0) is 36.2 Å². The molecular formula is C26H31F2N3O5. The van der Waals surface area contributed by atoms with Gasteiger partial charge in [0.25, 0.3) is 0 Å². The molecule has 10 heteroatoms. The van der Waals surface area contributed by atoms with Crippen LogP contribution in [0.3, 0.4) is 0 Å². The Hall–Kier alpha value is -3.21. The van der Waals surface area contributed by atoms with Crippen LogP contribution in [-0.2, 0) is 17.8 Å². The Bertz CT molecular complexity index is 1110. The highest BCUT2D eigenvalue weighted by Crippen LogP contribution is 2.29. The first-order chi connectivity index (χ1) is 17.4. The lowest BCUT2D eigenvalue weighted by Crippen LogP contribution is -2.48. The van der Waals surface area contributed by atoms with Crippen molar-refractivity contribution in [1.82, 2.24) is 14.5 Å². The number of imidazole rings is 1. The van der Waals surface area contributed by atoms with Crippen LogP contribution in [0.5, 0.6) is 17.2 Å². The number of nitrogens with zero attached hydrogens (tertiary/aromatic N) is 3. The summed E-state index contributed by atoms with van der Waals surface area (Å²) in [7, 11) is 1.60. The third kappa shape index (κ3) is 7.16. The zero-order chi connectivity index (χ0) is 25.4. The van der Waals surface area contributed by atoms with Gasteiger partial charge >= 0.3 is 0 Å². The van der Waals surface area contributed by atoms with Gasteiger partial charge in [-0.25, -0.2) is 13.8 Å². The van der Waals surface area contributed by atoms with Gasteiger partial charge < -0.3 is 28.6 Å². The smallest absolute Gasteiger partial charge is 0.162 e. The van der Waals surface area contributed by atoms with Crippen LogP contribution in [0.4, 0.5) is 8.78 Å². The van der Waals surface area contributed by atoms with Crippen molar-refractivity contribution >= 4 is 0 Å². The Labute approximate surface area is 209 Å². The number of aryl methyl sites for hydroxylation is 1. The number of hydrogen-bond donors (Lipinski definition) is 1. The van der Waals surface area contributed by atoms with E-state index >= 15 is 0 Å². The molecule has 0 bridgehead atoms. The van der Waals surface area contributed by atoms with Gasteiger partial charge in [0, 0.05) is 44.6 Å². The highest BCUT2D eigenvalue weighted by molar-refractivity contribution is 5.43. The standard InChI is InChI=1S/C26H31F2N3O5/c1-33-25-13-20(3-6-24(25)35-11-2-8-30-9-7-29-19-30)15-31-10-12-34-17-26(32,16-31)18-36-21-4-5-22(27)23(28)14-21/h3-7,9,13-14,19,32H,2,8,10-12,15-18H2,1H3/t26-/m1/s1. The van der Waals surface area contributed by atoms with Crippen molar-refractivity contribution in [1.29, 1.82) is 0 Å². The maximum Gasteiger partial charge on any atom is 0.162 e. The highest BCUT2D eigenvalue weighted by atomic mass is 19.2. The minimum Gasteiger partial charge on any atom is -0.493 e. The number of aromatic nitrogens is 2. The average Bonchev–Trinajstić information content (AvgIpc) is 3.32. The van der Waals surface area contributed by atoms with E-state index in [1.54, 1.807) is 19.6 Å². The van der Waals surface area contributed by atoms with Crippen molar-refractivity contribution < 1.29 is 32.8 Å². The average molecular weight is 504 g/mol. The van der Waals surface area contributed by atoms with Crippen molar-refractivity contribution in [3.8, 4) is 17.2 Å². The first-order valence-electron chi connectivity index (χ1n) is 11.8. The van der Waals surface area contributed by atoms with Crippen LogP contribution >= 0.6 is 0 Å². The second-order valence-corrected chi connectivity index (χ2v) is 8.84. The molecule has 0 aliphatic carbocycles. The summed E-state index contributed by atoms with van der Waals surface area (Å²) in [4.78, 5) is 6.09. The summed E-state index contributed by atoms with van der Waals surface area (Å²) in [5.74, 6) is -0.506. The Balaban J connectivity index is 1.32. The molecule has 1 aliphatic heterocycles. The van der Waals surface area contributed by atoms with Crippen LogP contribution in [0, 0.1) is 11.6 Å². The largest absolute Gasteiger partial charge is 0.493 e. The van der Waals surface area contributed by atoms with Gasteiger partial charge in [0.1, 0.15) is 18.0 Å². The maximum absolute atomic E-state index is 13.5. The van der Waals surface area contributed by atoms with Crippen LogP contribution in [-0.4, -0.2) is 71.8 Å². The van der Waals surface area contributed by atoms with Crippen molar-refractivity contribution in [2.75, 3.05) is 46.6 Å². The summed E-state index contributed by atoms with van der Waals surface area (Å²) in [6.45, 7) is 3.21. The maximum atomic E-state index is 13.5. The fourth-order valence-electron chi connectivity index (χ4n) is 4.04. The van der Waals surface area contributed by atoms with Gasteiger partial charge in [0.05, 0.1) is 33.3 Å². The molecule has 1 aliphatic rings. The lowest BCUT2D eigenvalue weighted by molar-refractivity contribution is -0.0647. The van der Waals surface area contributed by atoms with E-state index in [0.29, 0.717) is 37.8 Å². The molecule has 2 aromatic carbocycles. The second-order valence-electron chi connectivity index (χ2n) is 8.84. The van der Waals surface area contributed by atoms with E-state index in [4.69, 9.17) is 18.9 Å². The predicted octanol–water partition coefficient (Wildman–Crippen LogP) is 3.28. The number of hydrogen-bond acceptors (Lipinski definition) is 7. The van der Waals surface area contributed by atoms with Crippen LogP contribution in [0.25, 0.3) is 0 Å². The number of rotatable bonds is 11. The number of ether oxygens (including phenoxy) is 4. The molecular weight excluding hydrogens is 472 g/mol. The molecule has 0 amide bonds. The van der Waals surface area contributed by atoms with E-state index in [-0.39, 0.29) is 25.5 Å².